The van der Waals surface area contributed by atoms with Crippen molar-refractivity contribution in [2.24, 2.45) is 0 Å². The summed E-state index contributed by atoms with van der Waals surface area (Å²) in [5.74, 6) is -0.317. The maximum absolute atomic E-state index is 12.2. The molecule has 4 heterocycles. The second-order valence-electron chi connectivity index (χ2n) is 5.58. The van der Waals surface area contributed by atoms with Gasteiger partial charge in [-0.3, -0.25) is 14.6 Å². The number of hydrogen-bond donors (Lipinski definition) is 1. The van der Waals surface area contributed by atoms with Crippen LogP contribution in [0.25, 0.3) is 6.08 Å². The number of fused-ring (bicyclic) bond motifs is 2. The summed E-state index contributed by atoms with van der Waals surface area (Å²) >= 11 is 1.35. The van der Waals surface area contributed by atoms with Crippen molar-refractivity contribution >= 4 is 29.7 Å². The van der Waals surface area contributed by atoms with Gasteiger partial charge in [0.15, 0.2) is 0 Å². The smallest absolute Gasteiger partial charge is 0.353 e. The molecule has 114 valence electrons. The van der Waals surface area contributed by atoms with Crippen molar-refractivity contribution in [3.8, 4) is 0 Å². The van der Waals surface area contributed by atoms with Gasteiger partial charge in [-0.25, -0.2) is 9.78 Å². The average Bonchev–Trinajstić information content (AvgIpc) is 3.05. The zero-order valence-electron chi connectivity index (χ0n) is 11.9. The lowest BCUT2D eigenvalue weighted by Gasteiger charge is -2.36. The average molecular weight is 318 g/mol. The minimum atomic E-state index is -1.07. The fourth-order valence-electron chi connectivity index (χ4n) is 2.89. The SMILES string of the molecule is CN1CCn2cc(/C=C3/C(=O)N4C(C(=O)O)=CSC34)nc2C1. The lowest BCUT2D eigenvalue weighted by molar-refractivity contribution is -0.141. The molecule has 0 aromatic carbocycles. The molecule has 0 saturated carbocycles. The fraction of sp³-hybridized carbons (Fsp3) is 0.357. The predicted molar refractivity (Wildman–Crippen MR) is 80.5 cm³/mol. The zero-order valence-corrected chi connectivity index (χ0v) is 12.7. The van der Waals surface area contributed by atoms with E-state index >= 15 is 0 Å². The van der Waals surface area contributed by atoms with Crippen molar-refractivity contribution in [3.63, 3.8) is 0 Å². The van der Waals surface area contributed by atoms with Crippen molar-refractivity contribution in [1.29, 1.82) is 0 Å². The Labute approximate surface area is 130 Å². The van der Waals surface area contributed by atoms with E-state index < -0.39 is 5.97 Å². The number of aromatic nitrogens is 2. The van der Waals surface area contributed by atoms with Crippen LogP contribution in [0.5, 0.6) is 0 Å². The number of aliphatic carboxylic acids is 1. The van der Waals surface area contributed by atoms with Crippen LogP contribution in [0, 0.1) is 0 Å². The van der Waals surface area contributed by atoms with Gasteiger partial charge in [-0.1, -0.05) is 0 Å². The summed E-state index contributed by atoms with van der Waals surface area (Å²) in [5.41, 5.74) is 1.43. The maximum atomic E-state index is 12.2. The Morgan fingerprint density at radius 3 is 3.09 bits per heavy atom. The van der Waals surface area contributed by atoms with Crippen molar-refractivity contribution in [2.45, 2.75) is 18.5 Å². The number of rotatable bonds is 2. The molecular formula is C14H14N4O3S. The van der Waals surface area contributed by atoms with E-state index in [1.54, 1.807) is 6.08 Å². The molecule has 8 heteroatoms. The Bertz CT molecular complexity index is 751. The quantitative estimate of drug-likeness (QED) is 0.634. The van der Waals surface area contributed by atoms with E-state index in [-0.39, 0.29) is 17.0 Å². The molecule has 0 radical (unpaired) electrons. The highest BCUT2D eigenvalue weighted by Gasteiger charge is 2.49. The third-order valence-corrected chi connectivity index (χ3v) is 5.15. The molecule has 4 rings (SSSR count). The lowest BCUT2D eigenvalue weighted by Crippen LogP contribution is -2.51. The van der Waals surface area contributed by atoms with Gasteiger partial charge < -0.3 is 9.67 Å². The largest absolute Gasteiger partial charge is 0.477 e. The van der Waals surface area contributed by atoms with Gasteiger partial charge in [0.2, 0.25) is 0 Å². The number of amides is 1. The van der Waals surface area contributed by atoms with E-state index in [1.165, 1.54) is 22.1 Å². The van der Waals surface area contributed by atoms with Crippen LogP contribution >= 0.6 is 11.8 Å². The monoisotopic (exact) mass is 318 g/mol. The second kappa shape index (κ2) is 4.72. The van der Waals surface area contributed by atoms with Gasteiger partial charge >= 0.3 is 5.97 Å². The molecule has 0 spiro atoms. The number of carbonyl (C=O) groups excluding carboxylic acids is 1. The molecule has 1 fully saturated rings. The number of carboxylic acid groups (broad SMARTS) is 1. The predicted octanol–water partition coefficient (Wildman–Crippen LogP) is 0.553. The van der Waals surface area contributed by atoms with Gasteiger partial charge in [0.05, 0.1) is 17.8 Å². The number of hydrogen-bond acceptors (Lipinski definition) is 5. The molecule has 1 aromatic rings. The molecule has 1 amide bonds. The van der Waals surface area contributed by atoms with E-state index in [1.807, 2.05) is 6.20 Å². The summed E-state index contributed by atoms with van der Waals surface area (Å²) in [6, 6.07) is 0. The van der Waals surface area contributed by atoms with E-state index in [0.717, 1.165) is 31.2 Å². The number of imidazole rings is 1. The van der Waals surface area contributed by atoms with Crippen molar-refractivity contribution < 1.29 is 14.7 Å². The van der Waals surface area contributed by atoms with Crippen molar-refractivity contribution in [3.05, 3.63) is 34.4 Å². The van der Waals surface area contributed by atoms with Gasteiger partial charge in [-0.2, -0.15) is 0 Å². The summed E-state index contributed by atoms with van der Waals surface area (Å²) in [6.07, 6.45) is 3.73. The minimum absolute atomic E-state index is 0.0582. The van der Waals surface area contributed by atoms with Crippen molar-refractivity contribution in [1.82, 2.24) is 19.4 Å². The standard InChI is InChI=1S/C14H14N4O3S/c1-16-2-3-17-5-8(15-11(17)6-16)4-9-12(19)18-10(14(20)21)7-22-13(9)18/h4-5,7,13H,2-3,6H2,1H3,(H,20,21)/b9-4-. The number of likely N-dealkylation sites (N-methyl/N-ethyl adjacent to an activating group) is 1. The molecule has 22 heavy (non-hydrogen) atoms. The molecule has 1 N–H and O–H groups in total. The number of carboxylic acids is 1. The zero-order chi connectivity index (χ0) is 15.4. The van der Waals surface area contributed by atoms with Gasteiger partial charge in [0.25, 0.3) is 5.91 Å². The molecule has 1 atom stereocenters. The topological polar surface area (TPSA) is 78.7 Å². The Morgan fingerprint density at radius 1 is 1.50 bits per heavy atom. The number of nitrogens with zero attached hydrogens (tertiary/aromatic N) is 4. The van der Waals surface area contributed by atoms with Crippen LogP contribution in [0.2, 0.25) is 0 Å². The molecule has 1 unspecified atom stereocenters. The van der Waals surface area contributed by atoms with Gasteiger partial charge in [-0.05, 0) is 13.1 Å². The molecule has 3 aliphatic rings. The third-order valence-electron chi connectivity index (χ3n) is 4.07. The van der Waals surface area contributed by atoms with Gasteiger partial charge in [-0.15, -0.1) is 11.8 Å². The van der Waals surface area contributed by atoms with E-state index in [9.17, 15) is 9.59 Å². The highest BCUT2D eigenvalue weighted by molar-refractivity contribution is 8.03. The van der Waals surface area contributed by atoms with Gasteiger partial charge in [0.1, 0.15) is 16.9 Å². The summed E-state index contributed by atoms with van der Waals surface area (Å²) in [6.45, 7) is 2.67. The Morgan fingerprint density at radius 2 is 2.32 bits per heavy atom. The number of thioether (sulfide) groups is 1. The van der Waals surface area contributed by atoms with Crippen LogP contribution < -0.4 is 0 Å². The molecule has 3 aliphatic heterocycles. The first kappa shape index (κ1) is 13.6. The van der Waals surface area contributed by atoms with E-state index in [0.29, 0.717) is 5.57 Å². The molecule has 0 bridgehead atoms. The lowest BCUT2D eigenvalue weighted by atomic mass is 10.0. The summed E-state index contributed by atoms with van der Waals surface area (Å²) in [7, 11) is 2.05. The van der Waals surface area contributed by atoms with Crippen molar-refractivity contribution in [2.75, 3.05) is 13.6 Å². The first-order chi connectivity index (χ1) is 10.5. The normalized spacial score (nSPS) is 25.8. The molecule has 1 aromatic heterocycles. The Kier molecular flexibility index (Phi) is 2.92. The highest BCUT2D eigenvalue weighted by Crippen LogP contribution is 2.45. The van der Waals surface area contributed by atoms with Crippen LogP contribution in [0.4, 0.5) is 0 Å². The molecule has 1 saturated heterocycles. The van der Waals surface area contributed by atoms with E-state index in [2.05, 4.69) is 21.5 Å². The third kappa shape index (κ3) is 1.91. The molecule has 7 nitrogen and oxygen atoms in total. The molecular weight excluding hydrogens is 304 g/mol. The first-order valence-corrected chi connectivity index (χ1v) is 7.87. The number of carbonyl (C=O) groups is 2. The maximum Gasteiger partial charge on any atom is 0.353 e. The highest BCUT2D eigenvalue weighted by atomic mass is 32.2. The Balaban J connectivity index is 1.59. The first-order valence-electron chi connectivity index (χ1n) is 6.93. The summed E-state index contributed by atoms with van der Waals surface area (Å²) in [5, 5.41) is 10.4. The van der Waals surface area contributed by atoms with Crippen LogP contribution in [0.1, 0.15) is 11.5 Å². The Hall–Kier alpha value is -2.06. The molecule has 0 aliphatic carbocycles. The summed E-state index contributed by atoms with van der Waals surface area (Å²) < 4.78 is 2.11. The summed E-state index contributed by atoms with van der Waals surface area (Å²) in [4.78, 5) is 31.3. The van der Waals surface area contributed by atoms with Crippen LogP contribution in [0.3, 0.4) is 0 Å². The van der Waals surface area contributed by atoms with Gasteiger partial charge in [0, 0.05) is 24.7 Å². The van der Waals surface area contributed by atoms with E-state index in [4.69, 9.17) is 5.11 Å². The fourth-order valence-corrected chi connectivity index (χ4v) is 4.01. The minimum Gasteiger partial charge on any atom is -0.477 e. The second-order valence-corrected chi connectivity index (χ2v) is 6.54. The van der Waals surface area contributed by atoms with Crippen LogP contribution in [0.15, 0.2) is 22.9 Å². The van der Waals surface area contributed by atoms with Crippen LogP contribution in [-0.2, 0) is 22.7 Å². The number of β-lactam (4-membered cyclic amide) rings is 1. The van der Waals surface area contributed by atoms with Crippen LogP contribution in [-0.4, -0.2) is 55.3 Å².